The van der Waals surface area contributed by atoms with E-state index in [4.69, 9.17) is 4.98 Å². The second-order valence-electron chi connectivity index (χ2n) is 10.6. The second kappa shape index (κ2) is 13.3. The van der Waals surface area contributed by atoms with Crippen LogP contribution in [0.1, 0.15) is 60.7 Å². The summed E-state index contributed by atoms with van der Waals surface area (Å²) in [4.78, 5) is 24.7. The van der Waals surface area contributed by atoms with Crippen molar-refractivity contribution in [2.75, 3.05) is 30.3 Å². The van der Waals surface area contributed by atoms with Gasteiger partial charge in [0.2, 0.25) is 5.95 Å². The Kier molecular flexibility index (Phi) is 9.83. The smallest absolute Gasteiger partial charge is 0.352 e. The number of anilines is 2. The molecule has 9 heteroatoms. The van der Waals surface area contributed by atoms with Gasteiger partial charge < -0.3 is 15.5 Å². The van der Waals surface area contributed by atoms with Crippen LogP contribution < -0.4 is 10.6 Å². The average Bonchev–Trinajstić information content (AvgIpc) is 2.95. The van der Waals surface area contributed by atoms with Gasteiger partial charge in [-0.25, -0.2) is 9.97 Å². The van der Waals surface area contributed by atoms with Crippen LogP contribution in [0.3, 0.4) is 0 Å². The lowest BCUT2D eigenvalue weighted by molar-refractivity contribution is -0.138. The average molecular weight is 578 g/mol. The van der Waals surface area contributed by atoms with Gasteiger partial charge in [-0.3, -0.25) is 4.79 Å². The number of hydrogen-bond acceptors (Lipinski definition) is 5. The Labute approximate surface area is 245 Å². The Morgan fingerprint density at radius 3 is 2.50 bits per heavy atom. The van der Waals surface area contributed by atoms with E-state index in [2.05, 4.69) is 41.3 Å². The third kappa shape index (κ3) is 7.45. The van der Waals surface area contributed by atoms with Gasteiger partial charge >= 0.3 is 6.18 Å². The fourth-order valence-corrected chi connectivity index (χ4v) is 5.07. The van der Waals surface area contributed by atoms with Crippen molar-refractivity contribution in [2.24, 2.45) is 0 Å². The number of benzene rings is 3. The Bertz CT molecular complexity index is 1550. The lowest BCUT2D eigenvalue weighted by Gasteiger charge is -2.19. The van der Waals surface area contributed by atoms with Crippen LogP contribution in [0, 0.1) is 13.8 Å². The first kappa shape index (κ1) is 31.0. The largest absolute Gasteiger partial charge is 0.416 e. The zero-order valence-corrected chi connectivity index (χ0v) is 24.8. The fraction of sp³-hybridized carbons (Fsp3) is 0.364. The summed E-state index contributed by atoms with van der Waals surface area (Å²) in [5, 5.41) is 6.91. The third-order valence-electron chi connectivity index (χ3n) is 7.66. The number of rotatable bonds is 11. The molecule has 4 rings (SSSR count). The van der Waals surface area contributed by atoms with Crippen LogP contribution in [-0.2, 0) is 6.18 Å². The molecule has 0 unspecified atom stereocenters. The molecule has 0 aliphatic carbocycles. The van der Waals surface area contributed by atoms with Crippen molar-refractivity contribution in [3.63, 3.8) is 0 Å². The number of halogens is 3. The quantitative estimate of drug-likeness (QED) is 0.188. The molecule has 0 aliphatic heterocycles. The van der Waals surface area contributed by atoms with Gasteiger partial charge in [0.1, 0.15) is 0 Å². The summed E-state index contributed by atoms with van der Waals surface area (Å²) in [5.74, 6) is 0.107. The van der Waals surface area contributed by atoms with Crippen LogP contribution >= 0.6 is 0 Å². The predicted molar refractivity (Wildman–Crippen MR) is 164 cm³/mol. The molecular formula is C33H38F3N5O. The molecule has 3 aromatic carbocycles. The summed E-state index contributed by atoms with van der Waals surface area (Å²) >= 11 is 0. The molecule has 0 aliphatic rings. The molecule has 0 fully saturated rings. The van der Waals surface area contributed by atoms with Crippen molar-refractivity contribution in [1.29, 1.82) is 0 Å². The van der Waals surface area contributed by atoms with E-state index < -0.39 is 17.6 Å². The van der Waals surface area contributed by atoms with E-state index in [1.807, 2.05) is 31.2 Å². The topological polar surface area (TPSA) is 70.2 Å². The van der Waals surface area contributed by atoms with E-state index in [1.54, 1.807) is 18.3 Å². The number of nitrogens with zero attached hydrogens (tertiary/aromatic N) is 3. The fourth-order valence-electron chi connectivity index (χ4n) is 5.07. The van der Waals surface area contributed by atoms with Gasteiger partial charge in [0.25, 0.3) is 5.91 Å². The van der Waals surface area contributed by atoms with Crippen molar-refractivity contribution < 1.29 is 18.0 Å². The summed E-state index contributed by atoms with van der Waals surface area (Å²) in [6, 6.07) is 15.1. The van der Waals surface area contributed by atoms with E-state index >= 15 is 0 Å². The summed E-state index contributed by atoms with van der Waals surface area (Å²) in [5.41, 5.74) is 3.17. The molecule has 1 aromatic heterocycles. The van der Waals surface area contributed by atoms with Gasteiger partial charge in [-0.1, -0.05) is 32.0 Å². The number of alkyl halides is 3. The van der Waals surface area contributed by atoms with Gasteiger partial charge in [-0.2, -0.15) is 13.2 Å². The zero-order valence-electron chi connectivity index (χ0n) is 24.8. The SMILES string of the molecule is CCN(CC)CCC[C@H](C)Nc1ncc2cc(-c3cc(C(=O)Nc4cccc(C(F)(F)F)c4C)ccc3C)ccc2n1. The number of aryl methyl sites for hydroxylation is 1. The first-order valence-corrected chi connectivity index (χ1v) is 14.3. The van der Waals surface area contributed by atoms with Gasteiger partial charge in [0.15, 0.2) is 0 Å². The highest BCUT2D eigenvalue weighted by Gasteiger charge is 2.33. The Balaban J connectivity index is 1.49. The van der Waals surface area contributed by atoms with E-state index in [1.165, 1.54) is 19.1 Å². The van der Waals surface area contributed by atoms with Gasteiger partial charge in [0.05, 0.1) is 11.1 Å². The molecule has 222 valence electrons. The number of hydrogen-bond donors (Lipinski definition) is 2. The Morgan fingerprint density at radius 2 is 1.79 bits per heavy atom. The normalized spacial score (nSPS) is 12.5. The molecule has 0 saturated heterocycles. The first-order chi connectivity index (χ1) is 20.0. The molecule has 1 amide bonds. The minimum atomic E-state index is -4.50. The summed E-state index contributed by atoms with van der Waals surface area (Å²) in [6.45, 7) is 13.0. The zero-order chi connectivity index (χ0) is 30.4. The van der Waals surface area contributed by atoms with Gasteiger partial charge in [-0.15, -0.1) is 0 Å². The highest BCUT2D eigenvalue weighted by atomic mass is 19.4. The molecule has 0 saturated carbocycles. The van der Waals surface area contributed by atoms with Crippen molar-refractivity contribution in [2.45, 2.75) is 59.7 Å². The molecule has 4 aromatic rings. The maximum absolute atomic E-state index is 13.3. The van der Waals surface area contributed by atoms with Crippen molar-refractivity contribution >= 4 is 28.4 Å². The van der Waals surface area contributed by atoms with Crippen LogP contribution in [0.15, 0.2) is 60.8 Å². The molecule has 0 spiro atoms. The number of aromatic nitrogens is 2. The predicted octanol–water partition coefficient (Wildman–Crippen LogP) is 8.11. The molecule has 1 heterocycles. The lowest BCUT2D eigenvalue weighted by Crippen LogP contribution is -2.25. The second-order valence-corrected chi connectivity index (χ2v) is 10.6. The third-order valence-corrected chi connectivity index (χ3v) is 7.66. The monoisotopic (exact) mass is 577 g/mol. The number of carbonyl (C=O) groups excluding carboxylic acids is 1. The van der Waals surface area contributed by atoms with Crippen molar-refractivity contribution in [1.82, 2.24) is 14.9 Å². The Hall–Kier alpha value is -3.98. The van der Waals surface area contributed by atoms with Crippen LogP contribution in [-0.4, -0.2) is 46.5 Å². The molecule has 1 atom stereocenters. The van der Waals surface area contributed by atoms with Gasteiger partial charge in [0, 0.05) is 28.9 Å². The van der Waals surface area contributed by atoms with Crippen molar-refractivity contribution in [3.8, 4) is 11.1 Å². The Morgan fingerprint density at radius 1 is 1.02 bits per heavy atom. The molecule has 6 nitrogen and oxygen atoms in total. The van der Waals surface area contributed by atoms with E-state index in [0.717, 1.165) is 66.1 Å². The molecule has 0 radical (unpaired) electrons. The first-order valence-electron chi connectivity index (χ1n) is 14.3. The molecule has 2 N–H and O–H groups in total. The maximum atomic E-state index is 13.3. The van der Waals surface area contributed by atoms with E-state index in [0.29, 0.717) is 11.5 Å². The van der Waals surface area contributed by atoms with Crippen molar-refractivity contribution in [3.05, 3.63) is 83.0 Å². The highest BCUT2D eigenvalue weighted by Crippen LogP contribution is 2.35. The number of nitrogens with one attached hydrogen (secondary N) is 2. The minimum Gasteiger partial charge on any atom is -0.352 e. The summed E-state index contributed by atoms with van der Waals surface area (Å²) < 4.78 is 40.0. The van der Waals surface area contributed by atoms with Crippen LogP contribution in [0.25, 0.3) is 22.0 Å². The van der Waals surface area contributed by atoms with Crippen LogP contribution in [0.4, 0.5) is 24.8 Å². The maximum Gasteiger partial charge on any atom is 0.416 e. The van der Waals surface area contributed by atoms with E-state index in [9.17, 15) is 18.0 Å². The molecule has 0 bridgehead atoms. The lowest BCUT2D eigenvalue weighted by atomic mass is 9.96. The minimum absolute atomic E-state index is 0.0249. The molecular weight excluding hydrogens is 539 g/mol. The van der Waals surface area contributed by atoms with E-state index in [-0.39, 0.29) is 17.3 Å². The molecule has 42 heavy (non-hydrogen) atoms. The highest BCUT2D eigenvalue weighted by molar-refractivity contribution is 6.05. The standard InChI is InChI=1S/C33H38F3N5O/c1-6-41(7-2)17-9-10-22(4)38-32-37-20-26-18-24(15-16-30(26)40-32)27-19-25(14-13-21(27)3)31(42)39-29-12-8-11-28(23(29)5)33(34,35)36/h8,11-16,18-20,22H,6-7,9-10,17H2,1-5H3,(H,39,42)(H,37,38,40)/t22-/m0/s1. The number of carbonyl (C=O) groups is 1. The van der Waals surface area contributed by atoms with Gasteiger partial charge in [-0.05, 0) is 112 Å². The summed E-state index contributed by atoms with van der Waals surface area (Å²) in [6.07, 6.45) is -0.586. The van der Waals surface area contributed by atoms with Crippen LogP contribution in [0.2, 0.25) is 0 Å². The van der Waals surface area contributed by atoms with Crippen LogP contribution in [0.5, 0.6) is 0 Å². The number of fused-ring (bicyclic) bond motifs is 1. The number of amides is 1. The summed E-state index contributed by atoms with van der Waals surface area (Å²) in [7, 11) is 0.